The highest BCUT2D eigenvalue weighted by Gasteiger charge is 2.12. The summed E-state index contributed by atoms with van der Waals surface area (Å²) in [6.07, 6.45) is 2.02. The number of ether oxygens (including phenoxy) is 2. The van der Waals surface area contributed by atoms with Crippen molar-refractivity contribution in [1.29, 1.82) is 5.26 Å². The summed E-state index contributed by atoms with van der Waals surface area (Å²) in [7, 11) is 0. The maximum atomic E-state index is 12.0. The second-order valence-electron chi connectivity index (χ2n) is 5.13. The van der Waals surface area contributed by atoms with Gasteiger partial charge in [-0.3, -0.25) is 4.79 Å². The van der Waals surface area contributed by atoms with Crippen molar-refractivity contribution in [2.75, 3.05) is 18.5 Å². The number of carbonyl (C=O) groups is 2. The van der Waals surface area contributed by atoms with Gasteiger partial charge < -0.3 is 14.8 Å². The van der Waals surface area contributed by atoms with Crippen LogP contribution in [-0.2, 0) is 9.53 Å². The van der Waals surface area contributed by atoms with Gasteiger partial charge in [-0.15, -0.1) is 11.3 Å². The summed E-state index contributed by atoms with van der Waals surface area (Å²) in [6, 6.07) is 10.1. The van der Waals surface area contributed by atoms with Crippen LogP contribution in [0.3, 0.4) is 0 Å². The first-order chi connectivity index (χ1) is 12.1. The van der Waals surface area contributed by atoms with Gasteiger partial charge in [-0.25, -0.2) is 4.79 Å². The van der Waals surface area contributed by atoms with E-state index in [2.05, 4.69) is 12.2 Å². The van der Waals surface area contributed by atoms with Gasteiger partial charge in [-0.1, -0.05) is 13.3 Å². The lowest BCUT2D eigenvalue weighted by Crippen LogP contribution is -2.20. The smallest absolute Gasteiger partial charge is 0.338 e. The fourth-order valence-electron chi connectivity index (χ4n) is 1.89. The topological polar surface area (TPSA) is 88.4 Å². The molecule has 0 bridgehead atoms. The molecular weight excluding hydrogens is 340 g/mol. The summed E-state index contributed by atoms with van der Waals surface area (Å²) in [6.45, 7) is 2.29. The maximum absolute atomic E-state index is 12.0. The molecule has 6 nitrogen and oxygen atoms in total. The van der Waals surface area contributed by atoms with E-state index in [1.165, 1.54) is 11.3 Å². The first kappa shape index (κ1) is 18.5. The van der Waals surface area contributed by atoms with Crippen LogP contribution in [0.25, 0.3) is 0 Å². The van der Waals surface area contributed by atoms with Crippen molar-refractivity contribution in [3.8, 4) is 11.8 Å². The van der Waals surface area contributed by atoms with E-state index in [0.717, 1.165) is 12.8 Å². The normalized spacial score (nSPS) is 9.92. The molecule has 0 saturated carbocycles. The molecule has 2 aromatic rings. The van der Waals surface area contributed by atoms with Crippen LogP contribution in [-0.4, -0.2) is 25.1 Å². The third-order valence-corrected chi connectivity index (χ3v) is 4.06. The van der Waals surface area contributed by atoms with Gasteiger partial charge in [0.25, 0.3) is 5.91 Å². The van der Waals surface area contributed by atoms with E-state index in [1.807, 2.05) is 6.07 Å². The SMILES string of the molecule is CCCCOc1ccc(C(=O)OCC(=O)Nc2sccc2C#N)cc1. The number of rotatable bonds is 8. The van der Waals surface area contributed by atoms with Gasteiger partial charge in [0.15, 0.2) is 6.61 Å². The number of nitriles is 1. The number of nitrogens with zero attached hydrogens (tertiary/aromatic N) is 1. The van der Waals surface area contributed by atoms with E-state index < -0.39 is 18.5 Å². The van der Waals surface area contributed by atoms with Crippen LogP contribution in [0.15, 0.2) is 35.7 Å². The number of unbranched alkanes of at least 4 members (excludes halogenated alkanes) is 1. The Kier molecular flexibility index (Phi) is 6.99. The summed E-state index contributed by atoms with van der Waals surface area (Å²) < 4.78 is 10.5. The Morgan fingerprint density at radius 1 is 1.24 bits per heavy atom. The van der Waals surface area contributed by atoms with Crippen molar-refractivity contribution in [2.45, 2.75) is 19.8 Å². The molecule has 1 heterocycles. The van der Waals surface area contributed by atoms with Crippen molar-refractivity contribution in [2.24, 2.45) is 0 Å². The monoisotopic (exact) mass is 358 g/mol. The Morgan fingerprint density at radius 3 is 2.68 bits per heavy atom. The van der Waals surface area contributed by atoms with Crippen molar-refractivity contribution in [3.05, 3.63) is 46.8 Å². The Morgan fingerprint density at radius 2 is 2.00 bits per heavy atom. The Bertz CT molecular complexity index is 762. The van der Waals surface area contributed by atoms with Crippen molar-refractivity contribution in [3.63, 3.8) is 0 Å². The number of hydrogen-bond donors (Lipinski definition) is 1. The molecular formula is C18H18N2O4S. The molecule has 1 aromatic heterocycles. The number of carbonyl (C=O) groups excluding carboxylic acids is 2. The molecule has 130 valence electrons. The van der Waals surface area contributed by atoms with E-state index in [9.17, 15) is 9.59 Å². The molecule has 25 heavy (non-hydrogen) atoms. The number of nitrogens with one attached hydrogen (secondary N) is 1. The van der Waals surface area contributed by atoms with Gasteiger partial charge in [-0.05, 0) is 42.1 Å². The fourth-order valence-corrected chi connectivity index (χ4v) is 2.65. The van der Waals surface area contributed by atoms with Gasteiger partial charge >= 0.3 is 5.97 Å². The van der Waals surface area contributed by atoms with E-state index in [0.29, 0.717) is 28.5 Å². The lowest BCUT2D eigenvalue weighted by molar-refractivity contribution is -0.119. The number of hydrogen-bond acceptors (Lipinski definition) is 6. The average molecular weight is 358 g/mol. The van der Waals surface area contributed by atoms with Crippen LogP contribution in [0.4, 0.5) is 5.00 Å². The lowest BCUT2D eigenvalue weighted by Gasteiger charge is -2.07. The van der Waals surface area contributed by atoms with Gasteiger partial charge in [0.2, 0.25) is 0 Å². The van der Waals surface area contributed by atoms with Crippen LogP contribution < -0.4 is 10.1 Å². The summed E-state index contributed by atoms with van der Waals surface area (Å²) in [5.74, 6) is -0.404. The molecule has 0 saturated heterocycles. The number of anilines is 1. The minimum atomic E-state index is -0.595. The van der Waals surface area contributed by atoms with E-state index in [4.69, 9.17) is 14.7 Å². The van der Waals surface area contributed by atoms with E-state index in [1.54, 1.807) is 35.7 Å². The zero-order chi connectivity index (χ0) is 18.1. The van der Waals surface area contributed by atoms with Crippen molar-refractivity contribution in [1.82, 2.24) is 0 Å². The maximum Gasteiger partial charge on any atom is 0.338 e. The molecule has 0 unspecified atom stereocenters. The number of benzene rings is 1. The largest absolute Gasteiger partial charge is 0.494 e. The van der Waals surface area contributed by atoms with Gasteiger partial charge in [0, 0.05) is 0 Å². The molecule has 1 N–H and O–H groups in total. The molecule has 0 aliphatic rings. The van der Waals surface area contributed by atoms with Gasteiger partial charge in [0.05, 0.1) is 17.7 Å². The fraction of sp³-hybridized carbons (Fsp3) is 0.278. The molecule has 0 atom stereocenters. The van der Waals surface area contributed by atoms with E-state index >= 15 is 0 Å². The van der Waals surface area contributed by atoms with Gasteiger partial charge in [0.1, 0.15) is 16.8 Å². The van der Waals surface area contributed by atoms with Crippen molar-refractivity contribution < 1.29 is 19.1 Å². The first-order valence-corrected chi connectivity index (χ1v) is 8.69. The third kappa shape index (κ3) is 5.62. The van der Waals surface area contributed by atoms with Crippen molar-refractivity contribution >= 4 is 28.2 Å². The highest BCUT2D eigenvalue weighted by atomic mass is 32.1. The van der Waals surface area contributed by atoms with Crippen LogP contribution >= 0.6 is 11.3 Å². The molecule has 0 radical (unpaired) electrons. The molecule has 1 amide bonds. The quantitative estimate of drug-likeness (QED) is 0.575. The molecule has 2 rings (SSSR count). The minimum Gasteiger partial charge on any atom is -0.494 e. The second-order valence-corrected chi connectivity index (χ2v) is 6.04. The van der Waals surface area contributed by atoms with E-state index in [-0.39, 0.29) is 0 Å². The Labute approximate surface area is 150 Å². The second kappa shape index (κ2) is 9.45. The van der Waals surface area contributed by atoms with Crippen LogP contribution in [0.1, 0.15) is 35.7 Å². The zero-order valence-corrected chi connectivity index (χ0v) is 14.6. The number of amides is 1. The molecule has 0 aliphatic carbocycles. The number of thiophene rings is 1. The van der Waals surface area contributed by atoms with Crippen LogP contribution in [0.5, 0.6) is 5.75 Å². The van der Waals surface area contributed by atoms with Crippen LogP contribution in [0, 0.1) is 11.3 Å². The molecule has 0 fully saturated rings. The minimum absolute atomic E-state index is 0.337. The first-order valence-electron chi connectivity index (χ1n) is 7.81. The number of esters is 1. The molecule has 1 aromatic carbocycles. The standard InChI is InChI=1S/C18H18N2O4S/c1-2-3-9-23-15-6-4-13(5-7-15)18(22)24-12-16(21)20-17-14(11-19)8-10-25-17/h4-8,10H,2-3,9,12H2,1H3,(H,20,21). The lowest BCUT2D eigenvalue weighted by atomic mass is 10.2. The predicted molar refractivity (Wildman–Crippen MR) is 94.8 cm³/mol. The molecule has 0 aliphatic heterocycles. The highest BCUT2D eigenvalue weighted by molar-refractivity contribution is 7.14. The van der Waals surface area contributed by atoms with Crippen LogP contribution in [0.2, 0.25) is 0 Å². The summed E-state index contributed by atoms with van der Waals surface area (Å²) in [5, 5.41) is 13.6. The molecule has 0 spiro atoms. The summed E-state index contributed by atoms with van der Waals surface area (Å²) in [5.41, 5.74) is 0.716. The molecule has 7 heteroatoms. The Balaban J connectivity index is 1.81. The average Bonchev–Trinajstić information content (AvgIpc) is 3.07. The summed E-state index contributed by atoms with van der Waals surface area (Å²) >= 11 is 1.23. The third-order valence-electron chi connectivity index (χ3n) is 3.23. The zero-order valence-electron chi connectivity index (χ0n) is 13.8. The summed E-state index contributed by atoms with van der Waals surface area (Å²) in [4.78, 5) is 23.8. The predicted octanol–water partition coefficient (Wildman–Crippen LogP) is 3.59. The highest BCUT2D eigenvalue weighted by Crippen LogP contribution is 2.22. The van der Waals surface area contributed by atoms with Gasteiger partial charge in [-0.2, -0.15) is 5.26 Å². The Hall–Kier alpha value is -2.85.